The average molecular weight is 99.0 g/mol. The second-order valence-electron chi connectivity index (χ2n) is 2.49. The van der Waals surface area contributed by atoms with E-state index in [0.29, 0.717) is 5.54 Å². The van der Waals surface area contributed by atoms with Crippen LogP contribution in [0.3, 0.4) is 0 Å². The quantitative estimate of drug-likeness (QED) is 0.491. The molecule has 0 aliphatic carbocycles. The van der Waals surface area contributed by atoms with Gasteiger partial charge in [0.2, 0.25) is 0 Å². The highest BCUT2D eigenvalue weighted by atomic mass is 14.8. The van der Waals surface area contributed by atoms with Gasteiger partial charge in [0.25, 0.3) is 0 Å². The van der Waals surface area contributed by atoms with Crippen LogP contribution in [0.15, 0.2) is 0 Å². The van der Waals surface area contributed by atoms with Gasteiger partial charge < -0.3 is 5.23 Å². The van der Waals surface area contributed by atoms with Crippen LogP contribution in [0.2, 0.25) is 0 Å². The first-order valence-electron chi connectivity index (χ1n) is 2.81. The summed E-state index contributed by atoms with van der Waals surface area (Å²) in [6.45, 7) is 6.55. The number of hydrogen-bond donors (Lipinski definition) is 1. The number of hydrogen-bond acceptors (Lipinski definition) is 1. The summed E-state index contributed by atoms with van der Waals surface area (Å²) in [6.07, 6.45) is 1.18. The Kier molecular flexibility index (Phi) is 2.37. The molecule has 0 fully saturated rings. The first kappa shape index (κ1) is 7.02. The van der Waals surface area contributed by atoms with Crippen LogP contribution in [0.25, 0.3) is 0 Å². The summed E-state index contributed by atoms with van der Waals surface area (Å²) < 4.78 is 0. The van der Waals surface area contributed by atoms with E-state index in [1.807, 2.05) is 7.98 Å². The van der Waals surface area contributed by atoms with Crippen molar-refractivity contribution in [3.8, 4) is 0 Å². The van der Waals surface area contributed by atoms with Crippen molar-refractivity contribution in [2.45, 2.75) is 32.7 Å². The van der Waals surface area contributed by atoms with Gasteiger partial charge in [-0.15, -0.1) is 0 Å². The molecule has 0 saturated carbocycles. The van der Waals surface area contributed by atoms with Crippen molar-refractivity contribution in [1.82, 2.24) is 5.23 Å². The second kappa shape index (κ2) is 2.36. The topological polar surface area (TPSA) is 12.0 Å². The molecule has 0 aliphatic rings. The molecular weight excluding hydrogens is 84.9 g/mol. The molecule has 0 spiro atoms. The molecule has 0 aromatic heterocycles. The zero-order valence-electron chi connectivity index (χ0n) is 5.71. The van der Waals surface area contributed by atoms with E-state index in [1.54, 1.807) is 0 Å². The molecule has 0 heterocycles. The van der Waals surface area contributed by atoms with Gasteiger partial charge in [-0.3, -0.25) is 0 Å². The van der Waals surface area contributed by atoms with Gasteiger partial charge >= 0.3 is 0 Å². The molecule has 2 heteroatoms. The highest BCUT2D eigenvalue weighted by Gasteiger charge is 2.08. The summed E-state index contributed by atoms with van der Waals surface area (Å²) in [5.74, 6) is 0. The van der Waals surface area contributed by atoms with Crippen molar-refractivity contribution >= 4 is 7.98 Å². The molecule has 42 valence electrons. The lowest BCUT2D eigenvalue weighted by atomic mass is 10.00. The van der Waals surface area contributed by atoms with Gasteiger partial charge in [-0.1, -0.05) is 6.92 Å². The van der Waals surface area contributed by atoms with Gasteiger partial charge in [-0.2, -0.15) is 0 Å². The first-order chi connectivity index (χ1) is 3.12. The summed E-state index contributed by atoms with van der Waals surface area (Å²) in [7, 11) is 1.99. The molecule has 1 nitrogen and oxygen atoms in total. The molecule has 0 aliphatic heterocycles. The molecule has 0 radical (unpaired) electrons. The zero-order valence-corrected chi connectivity index (χ0v) is 5.71. The van der Waals surface area contributed by atoms with Crippen molar-refractivity contribution in [1.29, 1.82) is 0 Å². The fraction of sp³-hybridized carbons (Fsp3) is 1.00. The summed E-state index contributed by atoms with van der Waals surface area (Å²) in [5.41, 5.74) is 0.333. The minimum Gasteiger partial charge on any atom is -0.357 e. The monoisotopic (exact) mass is 99.1 g/mol. The van der Waals surface area contributed by atoms with E-state index in [2.05, 4.69) is 26.0 Å². The molecule has 0 saturated heterocycles. The molecule has 0 bridgehead atoms. The fourth-order valence-corrected chi connectivity index (χ4v) is 0.177. The Morgan fingerprint density at radius 2 is 2.00 bits per heavy atom. The highest BCUT2D eigenvalue weighted by molar-refractivity contribution is 6.04. The first-order valence-corrected chi connectivity index (χ1v) is 2.81. The normalized spacial score (nSPS) is 11.9. The molecule has 7 heavy (non-hydrogen) atoms. The molecule has 0 amide bonds. The van der Waals surface area contributed by atoms with E-state index >= 15 is 0 Å². The smallest absolute Gasteiger partial charge is 0.182 e. The third kappa shape index (κ3) is 2.69. The Balaban J connectivity index is 3.36. The van der Waals surface area contributed by atoms with Crippen LogP contribution >= 0.6 is 0 Å². The Hall–Kier alpha value is 0.0249. The van der Waals surface area contributed by atoms with Gasteiger partial charge in [-0.05, 0) is 20.3 Å². The van der Waals surface area contributed by atoms with Gasteiger partial charge in [-0.25, -0.2) is 0 Å². The molecule has 1 N–H and O–H groups in total. The lowest BCUT2D eigenvalue weighted by Gasteiger charge is -2.21. The average Bonchev–Trinajstić information content (AvgIpc) is 1.68. The van der Waals surface area contributed by atoms with Crippen molar-refractivity contribution in [2.75, 3.05) is 0 Å². The maximum Gasteiger partial charge on any atom is 0.182 e. The molecule has 0 aromatic rings. The minimum atomic E-state index is 0.333. The highest BCUT2D eigenvalue weighted by Crippen LogP contribution is 2.03. The van der Waals surface area contributed by atoms with Gasteiger partial charge in [0.15, 0.2) is 7.98 Å². The van der Waals surface area contributed by atoms with Gasteiger partial charge in [0.05, 0.1) is 0 Å². The Labute approximate surface area is 46.9 Å². The molecular formula is C5H14BN. The standard InChI is InChI=1S/C5H14BN/c1-4-5(2,3)7-6/h7H,4,6H2,1-3H3. The van der Waals surface area contributed by atoms with Crippen LogP contribution < -0.4 is 5.23 Å². The summed E-state index contributed by atoms with van der Waals surface area (Å²) in [6, 6.07) is 0. The van der Waals surface area contributed by atoms with Crippen LogP contribution in [0.4, 0.5) is 0 Å². The van der Waals surface area contributed by atoms with Gasteiger partial charge in [0.1, 0.15) is 0 Å². The minimum absolute atomic E-state index is 0.333. The summed E-state index contributed by atoms with van der Waals surface area (Å²) in [4.78, 5) is 0. The van der Waals surface area contributed by atoms with E-state index in [1.165, 1.54) is 6.42 Å². The van der Waals surface area contributed by atoms with E-state index < -0.39 is 0 Å². The maximum absolute atomic E-state index is 3.19. The van der Waals surface area contributed by atoms with Crippen LogP contribution in [0.1, 0.15) is 27.2 Å². The number of nitrogens with one attached hydrogen (secondary N) is 1. The maximum atomic E-state index is 3.19. The van der Waals surface area contributed by atoms with E-state index in [4.69, 9.17) is 0 Å². The second-order valence-corrected chi connectivity index (χ2v) is 2.49. The lowest BCUT2D eigenvalue weighted by molar-refractivity contribution is 0.458. The predicted molar refractivity (Wildman–Crippen MR) is 36.0 cm³/mol. The molecule has 0 unspecified atom stereocenters. The Morgan fingerprint density at radius 1 is 1.57 bits per heavy atom. The Morgan fingerprint density at radius 3 is 2.00 bits per heavy atom. The van der Waals surface area contributed by atoms with Crippen LogP contribution in [-0.4, -0.2) is 13.5 Å². The Bertz CT molecular complexity index is 46.0. The van der Waals surface area contributed by atoms with Crippen molar-refractivity contribution < 1.29 is 0 Å². The SMILES string of the molecule is BNC(C)(C)CC. The van der Waals surface area contributed by atoms with Crippen molar-refractivity contribution in [3.05, 3.63) is 0 Å². The van der Waals surface area contributed by atoms with Crippen LogP contribution in [0.5, 0.6) is 0 Å². The van der Waals surface area contributed by atoms with Crippen molar-refractivity contribution in [3.63, 3.8) is 0 Å². The lowest BCUT2D eigenvalue weighted by Crippen LogP contribution is -2.36. The molecule has 0 atom stereocenters. The third-order valence-electron chi connectivity index (χ3n) is 1.56. The zero-order chi connectivity index (χ0) is 5.91. The van der Waals surface area contributed by atoms with E-state index in [0.717, 1.165) is 0 Å². The largest absolute Gasteiger partial charge is 0.357 e. The molecule has 0 aromatic carbocycles. The van der Waals surface area contributed by atoms with Crippen LogP contribution in [-0.2, 0) is 0 Å². The molecule has 0 rings (SSSR count). The summed E-state index contributed by atoms with van der Waals surface area (Å²) >= 11 is 0. The van der Waals surface area contributed by atoms with Gasteiger partial charge in [0, 0.05) is 5.54 Å². The van der Waals surface area contributed by atoms with Crippen LogP contribution in [0, 0.1) is 0 Å². The predicted octanol–water partition coefficient (Wildman–Crippen LogP) is 0.313. The number of rotatable bonds is 2. The van der Waals surface area contributed by atoms with Crippen molar-refractivity contribution in [2.24, 2.45) is 0 Å². The fourth-order valence-electron chi connectivity index (χ4n) is 0.177. The van der Waals surface area contributed by atoms with E-state index in [9.17, 15) is 0 Å². The third-order valence-corrected chi connectivity index (χ3v) is 1.56. The summed E-state index contributed by atoms with van der Waals surface area (Å²) in [5, 5.41) is 3.19. The van der Waals surface area contributed by atoms with E-state index in [-0.39, 0.29) is 0 Å².